The fourth-order valence-electron chi connectivity index (χ4n) is 4.15. The van der Waals surface area contributed by atoms with E-state index in [2.05, 4.69) is 10.6 Å². The maximum Gasteiger partial charge on any atom is 0.325 e. The van der Waals surface area contributed by atoms with Gasteiger partial charge in [-0.3, -0.25) is 14.5 Å². The van der Waals surface area contributed by atoms with Crippen LogP contribution in [0.25, 0.3) is 0 Å². The molecule has 2 fully saturated rings. The first kappa shape index (κ1) is 20.0. The van der Waals surface area contributed by atoms with Gasteiger partial charge in [0.2, 0.25) is 0 Å². The molecule has 0 unspecified atom stereocenters. The van der Waals surface area contributed by atoms with Crippen molar-refractivity contribution in [3.8, 4) is 0 Å². The molecule has 1 saturated carbocycles. The van der Waals surface area contributed by atoms with Crippen molar-refractivity contribution in [1.29, 1.82) is 0 Å². The van der Waals surface area contributed by atoms with Gasteiger partial charge in [-0.2, -0.15) is 0 Å². The molecule has 0 atom stereocenters. The van der Waals surface area contributed by atoms with Crippen LogP contribution in [-0.2, 0) is 11.3 Å². The minimum atomic E-state index is -0.990. The summed E-state index contributed by atoms with van der Waals surface area (Å²) in [6.45, 7) is 0.194. The highest BCUT2D eigenvalue weighted by atomic mass is 19.1. The Balaban J connectivity index is 1.40. The zero-order valence-electron chi connectivity index (χ0n) is 16.2. The zero-order chi connectivity index (χ0) is 21.3. The smallest absolute Gasteiger partial charge is 0.325 e. The van der Waals surface area contributed by atoms with Crippen LogP contribution >= 0.6 is 0 Å². The van der Waals surface area contributed by atoms with Gasteiger partial charge in [0.1, 0.15) is 22.7 Å². The number of nitrogens with zero attached hydrogens (tertiary/aromatic N) is 1. The largest absolute Gasteiger partial charge is 0.349 e. The molecule has 0 radical (unpaired) electrons. The van der Waals surface area contributed by atoms with E-state index >= 15 is 0 Å². The summed E-state index contributed by atoms with van der Waals surface area (Å²) in [5.74, 6) is -2.94. The third kappa shape index (κ3) is 3.65. The summed E-state index contributed by atoms with van der Waals surface area (Å²) in [4.78, 5) is 38.9. The molecule has 2 N–H and O–H groups in total. The second kappa shape index (κ2) is 7.85. The number of hydrogen-bond acceptors (Lipinski definition) is 3. The number of rotatable bonds is 4. The lowest BCUT2D eigenvalue weighted by molar-refractivity contribution is -0.132. The normalized spacial score (nSPS) is 23.5. The third-order valence-corrected chi connectivity index (χ3v) is 5.79. The molecule has 8 heteroatoms. The Hall–Kier alpha value is -3.29. The minimum absolute atomic E-state index is 0.194. The fraction of sp³-hybridized carbons (Fsp3) is 0.318. The van der Waals surface area contributed by atoms with Crippen LogP contribution < -0.4 is 10.6 Å². The molecule has 2 aliphatic rings. The van der Waals surface area contributed by atoms with Gasteiger partial charge in [-0.15, -0.1) is 0 Å². The Morgan fingerprint density at radius 1 is 1.03 bits per heavy atom. The maximum absolute atomic E-state index is 13.8. The Kier molecular flexibility index (Phi) is 5.24. The number of urea groups is 1. The average molecular weight is 413 g/mol. The highest BCUT2D eigenvalue weighted by molar-refractivity contribution is 6.07. The van der Waals surface area contributed by atoms with Crippen LogP contribution in [-0.4, -0.2) is 34.3 Å². The van der Waals surface area contributed by atoms with Crippen LogP contribution in [0.1, 0.15) is 41.6 Å². The van der Waals surface area contributed by atoms with Gasteiger partial charge in [0.25, 0.3) is 11.8 Å². The molecule has 4 amide bonds. The van der Waals surface area contributed by atoms with E-state index in [0.717, 1.165) is 17.7 Å². The second-order valence-electron chi connectivity index (χ2n) is 7.73. The molecule has 156 valence electrons. The Morgan fingerprint density at radius 2 is 1.67 bits per heavy atom. The Labute approximate surface area is 172 Å². The van der Waals surface area contributed by atoms with Crippen molar-refractivity contribution in [2.24, 2.45) is 0 Å². The topological polar surface area (TPSA) is 78.5 Å². The molecular weight excluding hydrogens is 392 g/mol. The number of carbonyl (C=O) groups is 3. The van der Waals surface area contributed by atoms with Gasteiger partial charge in [0.05, 0.1) is 6.54 Å². The lowest BCUT2D eigenvalue weighted by Crippen LogP contribution is -2.52. The molecule has 0 aromatic heterocycles. The van der Waals surface area contributed by atoms with Gasteiger partial charge < -0.3 is 10.6 Å². The van der Waals surface area contributed by atoms with Gasteiger partial charge in [-0.05, 0) is 43.4 Å². The van der Waals surface area contributed by atoms with Gasteiger partial charge in [0, 0.05) is 6.04 Å². The number of benzene rings is 2. The van der Waals surface area contributed by atoms with Crippen molar-refractivity contribution < 1.29 is 23.2 Å². The molecule has 1 saturated heterocycles. The summed E-state index contributed by atoms with van der Waals surface area (Å²) < 4.78 is 27.6. The lowest BCUT2D eigenvalue weighted by atomic mass is 9.79. The lowest BCUT2D eigenvalue weighted by Gasteiger charge is -2.35. The molecule has 1 aliphatic carbocycles. The van der Waals surface area contributed by atoms with Crippen LogP contribution in [0.4, 0.5) is 13.6 Å². The molecule has 2 aromatic rings. The first-order chi connectivity index (χ1) is 14.4. The first-order valence-corrected chi connectivity index (χ1v) is 9.82. The van der Waals surface area contributed by atoms with Crippen molar-refractivity contribution in [2.75, 3.05) is 0 Å². The number of carbonyl (C=O) groups excluding carboxylic acids is 3. The van der Waals surface area contributed by atoms with Crippen LogP contribution in [0.5, 0.6) is 0 Å². The van der Waals surface area contributed by atoms with Crippen molar-refractivity contribution in [1.82, 2.24) is 15.5 Å². The number of hydrogen-bond donors (Lipinski definition) is 2. The van der Waals surface area contributed by atoms with Crippen molar-refractivity contribution in [3.05, 3.63) is 71.3 Å². The molecule has 2 aromatic carbocycles. The first-order valence-electron chi connectivity index (χ1n) is 9.82. The highest BCUT2D eigenvalue weighted by Crippen LogP contribution is 2.34. The molecule has 1 spiro atoms. The summed E-state index contributed by atoms with van der Waals surface area (Å²) in [6.07, 6.45) is 1.50. The van der Waals surface area contributed by atoms with Gasteiger partial charge in [0.15, 0.2) is 0 Å². The van der Waals surface area contributed by atoms with Crippen LogP contribution in [0.2, 0.25) is 0 Å². The van der Waals surface area contributed by atoms with Gasteiger partial charge in [-0.25, -0.2) is 13.6 Å². The van der Waals surface area contributed by atoms with E-state index in [1.807, 2.05) is 30.3 Å². The van der Waals surface area contributed by atoms with Crippen molar-refractivity contribution in [3.63, 3.8) is 0 Å². The van der Waals surface area contributed by atoms with Crippen molar-refractivity contribution >= 4 is 17.8 Å². The van der Waals surface area contributed by atoms with E-state index in [4.69, 9.17) is 0 Å². The van der Waals surface area contributed by atoms with E-state index in [1.165, 1.54) is 11.0 Å². The second-order valence-corrected chi connectivity index (χ2v) is 7.73. The SMILES string of the molecule is O=C(NC1CCC2(CC1)NC(=O)N(Cc1ccccc1)C2=O)c1c(F)cccc1F. The van der Waals surface area contributed by atoms with Crippen LogP contribution in [0.15, 0.2) is 48.5 Å². The van der Waals surface area contributed by atoms with E-state index in [9.17, 15) is 23.2 Å². The predicted octanol–water partition coefficient (Wildman–Crippen LogP) is 3.13. The van der Waals surface area contributed by atoms with Gasteiger partial charge in [-0.1, -0.05) is 36.4 Å². The fourth-order valence-corrected chi connectivity index (χ4v) is 4.15. The monoisotopic (exact) mass is 413 g/mol. The summed E-state index contributed by atoms with van der Waals surface area (Å²) in [7, 11) is 0. The number of halogens is 2. The molecule has 30 heavy (non-hydrogen) atoms. The quantitative estimate of drug-likeness (QED) is 0.756. The number of nitrogens with one attached hydrogen (secondary N) is 2. The van der Waals surface area contributed by atoms with Gasteiger partial charge >= 0.3 is 6.03 Å². The Bertz CT molecular complexity index is 968. The third-order valence-electron chi connectivity index (χ3n) is 5.79. The number of amides is 4. The van der Waals surface area contributed by atoms with Crippen molar-refractivity contribution in [2.45, 2.75) is 43.8 Å². The summed E-state index contributed by atoms with van der Waals surface area (Å²) in [5.41, 5.74) is -0.751. The van der Waals surface area contributed by atoms with E-state index in [0.29, 0.717) is 25.7 Å². The molecule has 0 bridgehead atoms. The zero-order valence-corrected chi connectivity index (χ0v) is 16.2. The maximum atomic E-state index is 13.8. The van der Waals surface area contributed by atoms with E-state index < -0.39 is 34.7 Å². The van der Waals surface area contributed by atoms with E-state index in [1.54, 1.807) is 0 Å². The molecule has 4 rings (SSSR count). The van der Waals surface area contributed by atoms with Crippen LogP contribution in [0.3, 0.4) is 0 Å². The molecule has 1 heterocycles. The summed E-state index contributed by atoms with van der Waals surface area (Å²) >= 11 is 0. The highest BCUT2D eigenvalue weighted by Gasteiger charge is 2.52. The number of imide groups is 1. The Morgan fingerprint density at radius 3 is 2.30 bits per heavy atom. The minimum Gasteiger partial charge on any atom is -0.349 e. The van der Waals surface area contributed by atoms with E-state index in [-0.39, 0.29) is 18.5 Å². The molecule has 1 aliphatic heterocycles. The molecular formula is C22H21F2N3O3. The standard InChI is InChI=1S/C22H21F2N3O3/c23-16-7-4-8-17(24)18(16)19(28)25-15-9-11-22(12-10-15)20(29)27(21(30)26-22)13-14-5-2-1-3-6-14/h1-8,15H,9-13H2,(H,25,28)(H,26,30). The summed E-state index contributed by atoms with van der Waals surface area (Å²) in [5, 5.41) is 5.46. The summed E-state index contributed by atoms with van der Waals surface area (Å²) in [6, 6.07) is 11.7. The average Bonchev–Trinajstić information content (AvgIpc) is 2.95. The predicted molar refractivity (Wildman–Crippen MR) is 104 cm³/mol. The molecule has 6 nitrogen and oxygen atoms in total. The van der Waals surface area contributed by atoms with Crippen LogP contribution in [0, 0.1) is 11.6 Å².